The third kappa shape index (κ3) is 3.87. The van der Waals surface area contributed by atoms with Crippen LogP contribution in [0.25, 0.3) is 5.65 Å². The molecular weight excluding hydrogens is 461 g/mol. The second-order valence-electron chi connectivity index (χ2n) is 5.54. The highest BCUT2D eigenvalue weighted by Gasteiger charge is 2.33. The van der Waals surface area contributed by atoms with Gasteiger partial charge in [-0.2, -0.15) is 13.2 Å². The average molecular weight is 475 g/mol. The van der Waals surface area contributed by atoms with Gasteiger partial charge in [0, 0.05) is 37.2 Å². The molecule has 0 unspecified atom stereocenters. The molecule has 5 nitrogen and oxygen atoms in total. The monoisotopic (exact) mass is 475 g/mol. The lowest BCUT2D eigenvalue weighted by Gasteiger charge is -2.32. The standard InChI is InChI=1S/C13H14F4IN5S/c1-22-4-2-8(7(14)6-22)20-10-11-21-9(18)12(24-13(15,16)17)23(11)5-3-19-10/h3,5,7-8H,2,4,6H2,1H3,(H,19,20)/t7-,8+/m0/s1. The fourth-order valence-electron chi connectivity index (χ4n) is 2.63. The number of piperidine rings is 1. The number of hydrogen-bond donors (Lipinski definition) is 1. The van der Waals surface area contributed by atoms with Crippen molar-refractivity contribution >= 4 is 45.8 Å². The van der Waals surface area contributed by atoms with Gasteiger partial charge in [-0.3, -0.25) is 4.40 Å². The average Bonchev–Trinajstić information content (AvgIpc) is 2.78. The van der Waals surface area contributed by atoms with Crippen molar-refractivity contribution in [3.05, 3.63) is 16.1 Å². The van der Waals surface area contributed by atoms with Crippen LogP contribution in [0.1, 0.15) is 6.42 Å². The molecule has 3 heterocycles. The number of aromatic nitrogens is 3. The minimum Gasteiger partial charge on any atom is -0.361 e. The molecule has 0 saturated carbocycles. The first-order valence-electron chi connectivity index (χ1n) is 7.12. The molecule has 1 saturated heterocycles. The first kappa shape index (κ1) is 18.0. The molecule has 2 aromatic heterocycles. The Kier molecular flexibility index (Phi) is 5.12. The van der Waals surface area contributed by atoms with E-state index >= 15 is 0 Å². The van der Waals surface area contributed by atoms with E-state index in [-0.39, 0.29) is 26.1 Å². The highest BCUT2D eigenvalue weighted by Crippen LogP contribution is 2.39. The van der Waals surface area contributed by atoms with E-state index in [1.54, 1.807) is 22.6 Å². The van der Waals surface area contributed by atoms with Gasteiger partial charge in [-0.05, 0) is 36.1 Å². The van der Waals surface area contributed by atoms with E-state index < -0.39 is 17.7 Å². The van der Waals surface area contributed by atoms with Gasteiger partial charge in [0.15, 0.2) is 11.5 Å². The molecule has 0 spiro atoms. The van der Waals surface area contributed by atoms with Gasteiger partial charge in [-0.15, -0.1) is 0 Å². The van der Waals surface area contributed by atoms with Gasteiger partial charge in [0.1, 0.15) is 14.9 Å². The Hall–Kier alpha value is -0.820. The number of hydrogen-bond acceptors (Lipinski definition) is 5. The van der Waals surface area contributed by atoms with E-state index in [4.69, 9.17) is 0 Å². The first-order chi connectivity index (χ1) is 11.2. The Bertz CT molecular complexity index is 737. The number of imidazole rings is 1. The molecule has 1 aliphatic heterocycles. The summed E-state index contributed by atoms with van der Waals surface area (Å²) in [6.07, 6.45) is 2.31. The lowest BCUT2D eigenvalue weighted by molar-refractivity contribution is -0.0330. The van der Waals surface area contributed by atoms with E-state index in [2.05, 4.69) is 15.3 Å². The summed E-state index contributed by atoms with van der Waals surface area (Å²) < 4.78 is 53.9. The van der Waals surface area contributed by atoms with Crippen LogP contribution in [0.5, 0.6) is 0 Å². The van der Waals surface area contributed by atoms with Gasteiger partial charge in [0.05, 0.1) is 6.04 Å². The first-order valence-corrected chi connectivity index (χ1v) is 9.01. The molecule has 0 aliphatic carbocycles. The van der Waals surface area contributed by atoms with Gasteiger partial charge in [-0.25, -0.2) is 14.4 Å². The lowest BCUT2D eigenvalue weighted by Crippen LogP contribution is -2.46. The second kappa shape index (κ2) is 6.83. The number of anilines is 1. The molecule has 3 rings (SSSR count). The molecule has 2 aromatic rings. The molecule has 11 heteroatoms. The van der Waals surface area contributed by atoms with Crippen LogP contribution in [-0.4, -0.2) is 57.1 Å². The van der Waals surface area contributed by atoms with Crippen molar-refractivity contribution in [3.8, 4) is 0 Å². The molecular formula is C13H14F4IN5S. The number of nitrogens with one attached hydrogen (secondary N) is 1. The largest absolute Gasteiger partial charge is 0.447 e. The van der Waals surface area contributed by atoms with Crippen LogP contribution in [0, 0.1) is 3.70 Å². The van der Waals surface area contributed by atoms with Gasteiger partial charge >= 0.3 is 5.51 Å². The van der Waals surface area contributed by atoms with E-state index in [0.717, 1.165) is 6.54 Å². The second-order valence-corrected chi connectivity index (χ2v) is 7.62. The summed E-state index contributed by atoms with van der Waals surface area (Å²) in [6, 6.07) is -0.437. The summed E-state index contributed by atoms with van der Waals surface area (Å²) in [6.45, 7) is 1.05. The Morgan fingerprint density at radius 1 is 1.42 bits per heavy atom. The van der Waals surface area contributed by atoms with Crippen molar-refractivity contribution in [2.24, 2.45) is 0 Å². The summed E-state index contributed by atoms with van der Waals surface area (Å²) in [5.74, 6) is 0.293. The van der Waals surface area contributed by atoms with Crippen LogP contribution < -0.4 is 5.32 Å². The topological polar surface area (TPSA) is 45.5 Å². The van der Waals surface area contributed by atoms with Crippen LogP contribution >= 0.6 is 34.4 Å². The molecule has 1 fully saturated rings. The molecule has 132 valence electrons. The maximum absolute atomic E-state index is 14.2. The predicted molar refractivity (Wildman–Crippen MR) is 92.0 cm³/mol. The summed E-state index contributed by atoms with van der Waals surface area (Å²) in [5, 5.41) is 2.98. The van der Waals surface area contributed by atoms with Crippen molar-refractivity contribution in [1.82, 2.24) is 19.3 Å². The zero-order chi connectivity index (χ0) is 17.5. The summed E-state index contributed by atoms with van der Waals surface area (Å²) >= 11 is 1.53. The van der Waals surface area contributed by atoms with Gasteiger partial charge in [0.25, 0.3) is 0 Å². The molecule has 2 atom stereocenters. The zero-order valence-corrected chi connectivity index (χ0v) is 15.5. The predicted octanol–water partition coefficient (Wildman–Crippen LogP) is 3.40. The highest BCUT2D eigenvalue weighted by atomic mass is 127. The van der Waals surface area contributed by atoms with E-state index in [1.165, 1.54) is 16.8 Å². The molecule has 0 bridgehead atoms. The quantitative estimate of drug-likeness (QED) is 0.419. The smallest absolute Gasteiger partial charge is 0.361 e. The van der Waals surface area contributed by atoms with Gasteiger partial charge < -0.3 is 10.2 Å². The molecule has 0 aromatic carbocycles. The Balaban J connectivity index is 1.91. The number of alkyl halides is 4. The normalized spacial score (nSPS) is 22.9. The number of likely N-dealkylation sites (tertiary alicyclic amines) is 1. The molecule has 1 N–H and O–H groups in total. The van der Waals surface area contributed by atoms with Crippen molar-refractivity contribution < 1.29 is 17.6 Å². The van der Waals surface area contributed by atoms with Crippen molar-refractivity contribution in [2.45, 2.75) is 29.2 Å². The minimum atomic E-state index is -4.41. The number of thioether (sulfide) groups is 1. The molecule has 0 radical (unpaired) electrons. The maximum Gasteiger partial charge on any atom is 0.447 e. The maximum atomic E-state index is 14.2. The van der Waals surface area contributed by atoms with Crippen LogP contribution in [-0.2, 0) is 0 Å². The minimum absolute atomic E-state index is 0.0243. The van der Waals surface area contributed by atoms with Crippen LogP contribution in [0.2, 0.25) is 0 Å². The van der Waals surface area contributed by atoms with E-state index in [9.17, 15) is 17.6 Å². The van der Waals surface area contributed by atoms with Crippen molar-refractivity contribution in [2.75, 3.05) is 25.5 Å². The Morgan fingerprint density at radius 3 is 2.83 bits per heavy atom. The highest BCUT2D eigenvalue weighted by molar-refractivity contribution is 14.1. The van der Waals surface area contributed by atoms with Gasteiger partial charge in [-0.1, -0.05) is 0 Å². The molecule has 0 amide bonds. The summed E-state index contributed by atoms with van der Waals surface area (Å²) in [5.41, 5.74) is -4.15. The molecule has 24 heavy (non-hydrogen) atoms. The van der Waals surface area contributed by atoms with Crippen LogP contribution in [0.15, 0.2) is 17.4 Å². The zero-order valence-electron chi connectivity index (χ0n) is 12.5. The lowest BCUT2D eigenvalue weighted by atomic mass is 10.0. The van der Waals surface area contributed by atoms with Crippen LogP contribution in [0.3, 0.4) is 0 Å². The summed E-state index contributed by atoms with van der Waals surface area (Å²) in [7, 11) is 1.85. The number of fused-ring (bicyclic) bond motifs is 1. The fraction of sp³-hybridized carbons (Fsp3) is 0.538. The van der Waals surface area contributed by atoms with Crippen molar-refractivity contribution in [3.63, 3.8) is 0 Å². The van der Waals surface area contributed by atoms with Crippen LogP contribution in [0.4, 0.5) is 23.4 Å². The van der Waals surface area contributed by atoms with E-state index in [1.807, 2.05) is 11.9 Å². The Labute approximate surface area is 153 Å². The van der Waals surface area contributed by atoms with E-state index in [0.29, 0.717) is 18.8 Å². The Morgan fingerprint density at radius 2 is 2.17 bits per heavy atom. The third-order valence-electron chi connectivity index (χ3n) is 3.74. The van der Waals surface area contributed by atoms with Gasteiger partial charge in [0.2, 0.25) is 0 Å². The SMILES string of the molecule is CN1CC[C@@H](Nc2nccn3c(SC(F)(F)F)c(I)nc23)[C@@H](F)C1. The molecule has 1 aliphatic rings. The number of nitrogens with zero attached hydrogens (tertiary/aromatic N) is 4. The number of halogens is 5. The summed E-state index contributed by atoms with van der Waals surface area (Å²) in [4.78, 5) is 10.2. The van der Waals surface area contributed by atoms with Crippen molar-refractivity contribution in [1.29, 1.82) is 0 Å². The third-order valence-corrected chi connectivity index (χ3v) is 5.67. The number of rotatable bonds is 3. The fourth-order valence-corrected chi connectivity index (χ4v) is 4.04.